The van der Waals surface area contributed by atoms with E-state index in [9.17, 15) is 9.59 Å². The van der Waals surface area contributed by atoms with E-state index >= 15 is 0 Å². The van der Waals surface area contributed by atoms with Crippen LogP contribution in [0.1, 0.15) is 24.8 Å². The minimum Gasteiger partial charge on any atom is -0.369 e. The average molecular weight is 261 g/mol. The molecule has 1 aliphatic heterocycles. The van der Waals surface area contributed by atoms with E-state index in [1.54, 1.807) is 24.3 Å². The average Bonchev–Trinajstić information content (AvgIpc) is 2.41. The molecular weight excluding hydrogens is 242 g/mol. The van der Waals surface area contributed by atoms with Crippen molar-refractivity contribution in [2.75, 3.05) is 11.9 Å². The van der Waals surface area contributed by atoms with Gasteiger partial charge in [-0.15, -0.1) is 0 Å². The Morgan fingerprint density at radius 3 is 2.58 bits per heavy atom. The van der Waals surface area contributed by atoms with Gasteiger partial charge in [0, 0.05) is 5.69 Å². The van der Waals surface area contributed by atoms with Gasteiger partial charge in [-0.05, 0) is 37.1 Å². The zero-order valence-corrected chi connectivity index (χ0v) is 10.8. The Hall–Kier alpha value is -1.88. The van der Waals surface area contributed by atoms with Crippen LogP contribution in [-0.2, 0) is 16.0 Å². The number of primary amides is 1. The number of hydrogen-bond donors (Lipinski definition) is 3. The van der Waals surface area contributed by atoms with Crippen LogP contribution in [0.25, 0.3) is 0 Å². The van der Waals surface area contributed by atoms with Gasteiger partial charge in [0.25, 0.3) is 0 Å². The summed E-state index contributed by atoms with van der Waals surface area (Å²) in [6.45, 7) is 0.898. The lowest BCUT2D eigenvalue weighted by molar-refractivity contribution is -0.119. The fourth-order valence-corrected chi connectivity index (χ4v) is 2.21. The fourth-order valence-electron chi connectivity index (χ4n) is 2.21. The molecule has 4 N–H and O–H groups in total. The minimum atomic E-state index is -0.358. The summed E-state index contributed by atoms with van der Waals surface area (Å²) < 4.78 is 0. The molecule has 0 saturated carbocycles. The van der Waals surface area contributed by atoms with Crippen LogP contribution in [0.5, 0.6) is 0 Å². The highest BCUT2D eigenvalue weighted by molar-refractivity contribution is 5.94. The van der Waals surface area contributed by atoms with Gasteiger partial charge in [-0.3, -0.25) is 9.59 Å². The molecule has 1 aromatic carbocycles. The molecule has 1 heterocycles. The van der Waals surface area contributed by atoms with E-state index in [0.717, 1.165) is 37.1 Å². The van der Waals surface area contributed by atoms with Gasteiger partial charge >= 0.3 is 0 Å². The van der Waals surface area contributed by atoms with Gasteiger partial charge in [0.1, 0.15) is 0 Å². The summed E-state index contributed by atoms with van der Waals surface area (Å²) in [5, 5.41) is 6.08. The number of hydrogen-bond acceptors (Lipinski definition) is 3. The first-order valence-corrected chi connectivity index (χ1v) is 6.56. The molecule has 0 radical (unpaired) electrons. The van der Waals surface area contributed by atoms with Gasteiger partial charge in [-0.1, -0.05) is 18.6 Å². The number of anilines is 1. The number of carbonyl (C=O) groups excluding carboxylic acids is 2. The third-order valence-electron chi connectivity index (χ3n) is 3.23. The van der Waals surface area contributed by atoms with Crippen LogP contribution in [0.4, 0.5) is 5.69 Å². The monoisotopic (exact) mass is 261 g/mol. The van der Waals surface area contributed by atoms with E-state index in [1.165, 1.54) is 0 Å². The third kappa shape index (κ3) is 4.06. The lowest BCUT2D eigenvalue weighted by Gasteiger charge is -2.22. The third-order valence-corrected chi connectivity index (χ3v) is 3.23. The predicted octanol–water partition coefficient (Wildman–Crippen LogP) is 0.795. The predicted molar refractivity (Wildman–Crippen MR) is 73.6 cm³/mol. The summed E-state index contributed by atoms with van der Waals surface area (Å²) in [6.07, 6.45) is 3.32. The summed E-state index contributed by atoms with van der Waals surface area (Å²) in [7, 11) is 0. The Morgan fingerprint density at radius 1 is 1.26 bits per heavy atom. The highest BCUT2D eigenvalue weighted by Crippen LogP contribution is 2.13. The molecule has 0 unspecified atom stereocenters. The van der Waals surface area contributed by atoms with Gasteiger partial charge in [0.05, 0.1) is 12.5 Å². The van der Waals surface area contributed by atoms with E-state index < -0.39 is 0 Å². The number of piperidine rings is 1. The molecule has 102 valence electrons. The Morgan fingerprint density at radius 2 is 2.00 bits per heavy atom. The molecule has 1 aliphatic rings. The molecule has 0 spiro atoms. The van der Waals surface area contributed by atoms with Crippen LogP contribution in [0, 0.1) is 0 Å². The second-order valence-corrected chi connectivity index (χ2v) is 4.83. The summed E-state index contributed by atoms with van der Waals surface area (Å²) in [6, 6.07) is 7.08. The van der Waals surface area contributed by atoms with Gasteiger partial charge in [-0.25, -0.2) is 0 Å². The van der Waals surface area contributed by atoms with Crippen LogP contribution in [0.2, 0.25) is 0 Å². The number of carbonyl (C=O) groups is 2. The Bertz CT molecular complexity index is 450. The molecule has 5 nitrogen and oxygen atoms in total. The maximum atomic E-state index is 12.0. The SMILES string of the molecule is NC(=O)Cc1ccc(NC(=O)[C@@H]2CCCCN2)cc1. The van der Waals surface area contributed by atoms with Crippen LogP contribution < -0.4 is 16.4 Å². The first-order valence-electron chi connectivity index (χ1n) is 6.56. The lowest BCUT2D eigenvalue weighted by Crippen LogP contribution is -2.43. The molecular formula is C14H19N3O2. The maximum Gasteiger partial charge on any atom is 0.241 e. The molecule has 0 aliphatic carbocycles. The second-order valence-electron chi connectivity index (χ2n) is 4.83. The van der Waals surface area contributed by atoms with Crippen molar-refractivity contribution >= 4 is 17.5 Å². The van der Waals surface area contributed by atoms with Crippen LogP contribution >= 0.6 is 0 Å². The molecule has 1 aromatic rings. The van der Waals surface area contributed by atoms with E-state index in [-0.39, 0.29) is 24.3 Å². The summed E-state index contributed by atoms with van der Waals surface area (Å²) in [5.74, 6) is -0.356. The zero-order chi connectivity index (χ0) is 13.7. The maximum absolute atomic E-state index is 12.0. The van der Waals surface area contributed by atoms with Crippen molar-refractivity contribution in [1.29, 1.82) is 0 Å². The first kappa shape index (κ1) is 13.5. The van der Waals surface area contributed by atoms with Crippen molar-refractivity contribution in [2.24, 2.45) is 5.73 Å². The van der Waals surface area contributed by atoms with E-state index in [0.29, 0.717) is 0 Å². The van der Waals surface area contributed by atoms with Crippen LogP contribution in [0.3, 0.4) is 0 Å². The largest absolute Gasteiger partial charge is 0.369 e. The molecule has 2 amide bonds. The number of nitrogens with two attached hydrogens (primary N) is 1. The molecule has 0 aromatic heterocycles. The highest BCUT2D eigenvalue weighted by atomic mass is 16.2. The highest BCUT2D eigenvalue weighted by Gasteiger charge is 2.20. The fraction of sp³-hybridized carbons (Fsp3) is 0.429. The van der Waals surface area contributed by atoms with Crippen molar-refractivity contribution in [2.45, 2.75) is 31.7 Å². The van der Waals surface area contributed by atoms with Crippen molar-refractivity contribution in [1.82, 2.24) is 5.32 Å². The number of rotatable bonds is 4. The lowest BCUT2D eigenvalue weighted by atomic mass is 10.0. The van der Waals surface area contributed by atoms with E-state index in [1.807, 2.05) is 0 Å². The molecule has 1 saturated heterocycles. The second kappa shape index (κ2) is 6.33. The van der Waals surface area contributed by atoms with Crippen molar-refractivity contribution in [3.8, 4) is 0 Å². The molecule has 1 fully saturated rings. The number of benzene rings is 1. The molecule has 2 rings (SSSR count). The van der Waals surface area contributed by atoms with Gasteiger partial charge < -0.3 is 16.4 Å². The van der Waals surface area contributed by atoms with Crippen molar-refractivity contribution < 1.29 is 9.59 Å². The number of amides is 2. The van der Waals surface area contributed by atoms with Gasteiger partial charge in [0.2, 0.25) is 11.8 Å². The number of nitrogens with one attached hydrogen (secondary N) is 2. The first-order chi connectivity index (χ1) is 9.15. The van der Waals surface area contributed by atoms with E-state index in [2.05, 4.69) is 10.6 Å². The summed E-state index contributed by atoms with van der Waals surface area (Å²) >= 11 is 0. The molecule has 1 atom stereocenters. The van der Waals surface area contributed by atoms with Crippen LogP contribution in [-0.4, -0.2) is 24.4 Å². The van der Waals surface area contributed by atoms with Crippen LogP contribution in [0.15, 0.2) is 24.3 Å². The standard InChI is InChI=1S/C14H19N3O2/c15-13(18)9-10-4-6-11(7-5-10)17-14(19)12-3-1-2-8-16-12/h4-7,12,16H,1-3,8-9H2,(H2,15,18)(H,17,19)/t12-/m0/s1. The molecule has 19 heavy (non-hydrogen) atoms. The quantitative estimate of drug-likeness (QED) is 0.749. The smallest absolute Gasteiger partial charge is 0.241 e. The Kier molecular flexibility index (Phi) is 4.52. The van der Waals surface area contributed by atoms with Crippen molar-refractivity contribution in [3.63, 3.8) is 0 Å². The zero-order valence-electron chi connectivity index (χ0n) is 10.8. The summed E-state index contributed by atoms with van der Waals surface area (Å²) in [4.78, 5) is 22.8. The van der Waals surface area contributed by atoms with Gasteiger partial charge in [-0.2, -0.15) is 0 Å². The topological polar surface area (TPSA) is 84.2 Å². The van der Waals surface area contributed by atoms with Gasteiger partial charge in [0.15, 0.2) is 0 Å². The molecule has 0 bridgehead atoms. The normalized spacial score (nSPS) is 18.8. The minimum absolute atomic E-state index is 0.00218. The Labute approximate surface area is 112 Å². The van der Waals surface area contributed by atoms with E-state index in [4.69, 9.17) is 5.73 Å². The molecule has 5 heteroatoms. The summed E-state index contributed by atoms with van der Waals surface area (Å²) in [5.41, 5.74) is 6.71. The Balaban J connectivity index is 1.91. The van der Waals surface area contributed by atoms with Crippen molar-refractivity contribution in [3.05, 3.63) is 29.8 Å².